The molecular formula is C51H32N2O. The van der Waals surface area contributed by atoms with Crippen LogP contribution < -0.4 is 4.90 Å². The zero-order chi connectivity index (χ0) is 35.6. The summed E-state index contributed by atoms with van der Waals surface area (Å²) in [5.41, 5.74) is 12.2. The van der Waals surface area contributed by atoms with Crippen LogP contribution in [0.5, 0.6) is 0 Å². The highest BCUT2D eigenvalue weighted by Gasteiger charge is 2.31. The average molecular weight is 689 g/mol. The molecule has 0 unspecified atom stereocenters. The minimum atomic E-state index is 0.647. The number of anilines is 3. The second-order valence-electron chi connectivity index (χ2n) is 13.9. The van der Waals surface area contributed by atoms with E-state index >= 15 is 0 Å². The lowest BCUT2D eigenvalue weighted by atomic mass is 9.95. The van der Waals surface area contributed by atoms with Crippen molar-refractivity contribution in [3.8, 4) is 56.3 Å². The summed E-state index contributed by atoms with van der Waals surface area (Å²) in [5, 5.41) is 7.00. The van der Waals surface area contributed by atoms with Crippen LogP contribution in [0.1, 0.15) is 0 Å². The van der Waals surface area contributed by atoms with Crippen LogP contribution in [0, 0.1) is 0 Å². The van der Waals surface area contributed by atoms with E-state index in [1.54, 1.807) is 0 Å². The lowest BCUT2D eigenvalue weighted by Gasteiger charge is -2.29. The molecule has 0 fully saturated rings. The van der Waals surface area contributed by atoms with Crippen LogP contribution in [0.3, 0.4) is 0 Å². The summed E-state index contributed by atoms with van der Waals surface area (Å²) in [6.07, 6.45) is 0. The molecule has 1 aromatic heterocycles. The van der Waals surface area contributed by atoms with Gasteiger partial charge >= 0.3 is 0 Å². The molecule has 3 nitrogen and oxygen atoms in total. The molecule has 10 aromatic rings. The van der Waals surface area contributed by atoms with Gasteiger partial charge in [-0.3, -0.25) is 0 Å². The molecule has 0 atom stereocenters. The molecule has 0 amide bonds. The standard InChI is InChI=1S/C51H32N2O/c1-3-13-33(14-4-1)34-25-27-37(28-26-34)53(46-31-29-39(35-15-5-2-6-16-35)40-20-9-10-21-41(40)46)47-32-30-45-48-43(47)23-12-24-44(48)49-50(45)54-51(52-49)42-22-11-18-36-17-7-8-19-38(36)42/h1-32H. The monoisotopic (exact) mass is 688 g/mol. The van der Waals surface area contributed by atoms with E-state index in [4.69, 9.17) is 9.40 Å². The number of hydrogen-bond donors (Lipinski definition) is 0. The van der Waals surface area contributed by atoms with Crippen LogP contribution in [0.2, 0.25) is 0 Å². The largest absolute Gasteiger partial charge is 0.435 e. The minimum Gasteiger partial charge on any atom is -0.435 e. The van der Waals surface area contributed by atoms with Crippen molar-refractivity contribution < 1.29 is 4.42 Å². The molecule has 1 aliphatic rings. The van der Waals surface area contributed by atoms with Crippen molar-refractivity contribution in [3.63, 3.8) is 0 Å². The number of oxazole rings is 1. The van der Waals surface area contributed by atoms with Gasteiger partial charge in [0.1, 0.15) is 5.69 Å². The Bertz CT molecular complexity index is 3000. The molecule has 252 valence electrons. The van der Waals surface area contributed by atoms with Gasteiger partial charge in [-0.05, 0) is 74.8 Å². The molecule has 0 N–H and O–H groups in total. The van der Waals surface area contributed by atoms with E-state index in [2.05, 4.69) is 199 Å². The van der Waals surface area contributed by atoms with Crippen LogP contribution in [0.15, 0.2) is 199 Å². The maximum atomic E-state index is 6.71. The third-order valence-corrected chi connectivity index (χ3v) is 10.9. The molecule has 0 bridgehead atoms. The molecule has 11 rings (SSSR count). The molecule has 54 heavy (non-hydrogen) atoms. The Hall–Kier alpha value is -7.23. The first kappa shape index (κ1) is 30.4. The van der Waals surface area contributed by atoms with E-state index in [-0.39, 0.29) is 0 Å². The van der Waals surface area contributed by atoms with Crippen molar-refractivity contribution in [2.45, 2.75) is 0 Å². The van der Waals surface area contributed by atoms with E-state index in [0.717, 1.165) is 61.4 Å². The van der Waals surface area contributed by atoms with E-state index in [0.29, 0.717) is 5.89 Å². The third kappa shape index (κ3) is 4.72. The van der Waals surface area contributed by atoms with Gasteiger partial charge in [-0.15, -0.1) is 0 Å². The number of hydrogen-bond acceptors (Lipinski definition) is 3. The molecular weight excluding hydrogens is 657 g/mol. The second kappa shape index (κ2) is 12.2. The maximum Gasteiger partial charge on any atom is 0.227 e. The molecule has 1 aliphatic carbocycles. The van der Waals surface area contributed by atoms with Gasteiger partial charge in [0.15, 0.2) is 5.76 Å². The zero-order valence-corrected chi connectivity index (χ0v) is 29.3. The van der Waals surface area contributed by atoms with Crippen molar-refractivity contribution in [3.05, 3.63) is 194 Å². The lowest BCUT2D eigenvalue weighted by Crippen LogP contribution is -2.11. The summed E-state index contributed by atoms with van der Waals surface area (Å²) in [5.74, 6) is 1.47. The number of benzene rings is 9. The molecule has 0 radical (unpaired) electrons. The van der Waals surface area contributed by atoms with Crippen LogP contribution >= 0.6 is 0 Å². The summed E-state index contributed by atoms with van der Waals surface area (Å²) in [6.45, 7) is 0. The molecule has 0 saturated carbocycles. The molecule has 0 spiro atoms. The van der Waals surface area contributed by atoms with E-state index in [1.165, 1.54) is 38.4 Å². The van der Waals surface area contributed by atoms with Crippen LogP contribution in [-0.2, 0) is 0 Å². The Morgan fingerprint density at radius 3 is 1.74 bits per heavy atom. The average Bonchev–Trinajstić information content (AvgIpc) is 3.81. The summed E-state index contributed by atoms with van der Waals surface area (Å²) in [4.78, 5) is 7.60. The Morgan fingerprint density at radius 1 is 0.370 bits per heavy atom. The maximum absolute atomic E-state index is 6.71. The Labute approximate surface area is 313 Å². The van der Waals surface area contributed by atoms with Gasteiger partial charge in [-0.1, -0.05) is 158 Å². The van der Waals surface area contributed by atoms with Crippen molar-refractivity contribution in [2.24, 2.45) is 0 Å². The fourth-order valence-corrected chi connectivity index (χ4v) is 8.37. The summed E-state index contributed by atoms with van der Waals surface area (Å²) in [6, 6.07) is 69.2. The molecule has 9 aromatic carbocycles. The first-order chi connectivity index (χ1) is 26.8. The Morgan fingerprint density at radius 2 is 0.944 bits per heavy atom. The summed E-state index contributed by atoms with van der Waals surface area (Å²) < 4.78 is 6.71. The number of nitrogens with zero attached hydrogens (tertiary/aromatic N) is 2. The van der Waals surface area contributed by atoms with Gasteiger partial charge in [0.25, 0.3) is 0 Å². The zero-order valence-electron chi connectivity index (χ0n) is 29.3. The summed E-state index contributed by atoms with van der Waals surface area (Å²) >= 11 is 0. The first-order valence-corrected chi connectivity index (χ1v) is 18.4. The van der Waals surface area contributed by atoms with E-state index < -0.39 is 0 Å². The molecule has 0 saturated heterocycles. The Kier molecular flexibility index (Phi) is 6.86. The van der Waals surface area contributed by atoms with Crippen molar-refractivity contribution in [1.82, 2.24) is 4.98 Å². The van der Waals surface area contributed by atoms with Gasteiger partial charge in [0.2, 0.25) is 5.89 Å². The minimum absolute atomic E-state index is 0.647. The lowest BCUT2D eigenvalue weighted by molar-refractivity contribution is 0.591. The van der Waals surface area contributed by atoms with Crippen molar-refractivity contribution in [2.75, 3.05) is 4.90 Å². The quantitative estimate of drug-likeness (QED) is 0.174. The molecule has 1 heterocycles. The SMILES string of the molecule is c1ccc(-c2ccc(N(c3ccc(-c4ccccc4)c4ccccc34)c3ccc4c5c(cccc35)-c3nc(-c5cccc6ccccc56)oc3-4)cc2)cc1. The molecule has 3 heteroatoms. The predicted molar refractivity (Wildman–Crippen MR) is 224 cm³/mol. The van der Waals surface area contributed by atoms with Gasteiger partial charge in [0.05, 0.1) is 11.4 Å². The van der Waals surface area contributed by atoms with E-state index in [9.17, 15) is 0 Å². The van der Waals surface area contributed by atoms with Gasteiger partial charge in [-0.25, -0.2) is 4.98 Å². The van der Waals surface area contributed by atoms with Crippen LogP contribution in [-0.4, -0.2) is 4.98 Å². The van der Waals surface area contributed by atoms with Gasteiger partial charge in [-0.2, -0.15) is 0 Å². The van der Waals surface area contributed by atoms with Crippen LogP contribution in [0.4, 0.5) is 17.1 Å². The topological polar surface area (TPSA) is 29.3 Å². The van der Waals surface area contributed by atoms with Gasteiger partial charge < -0.3 is 9.32 Å². The Balaban J connectivity index is 1.11. The number of fused-ring (bicyclic) bond motifs is 5. The first-order valence-electron chi connectivity index (χ1n) is 18.4. The fourth-order valence-electron chi connectivity index (χ4n) is 8.37. The smallest absolute Gasteiger partial charge is 0.227 e. The number of rotatable bonds is 6. The second-order valence-corrected chi connectivity index (χ2v) is 13.9. The highest BCUT2D eigenvalue weighted by molar-refractivity contribution is 6.19. The van der Waals surface area contributed by atoms with E-state index in [1.807, 2.05) is 0 Å². The van der Waals surface area contributed by atoms with Crippen LogP contribution in [0.25, 0.3) is 88.6 Å². The summed E-state index contributed by atoms with van der Waals surface area (Å²) in [7, 11) is 0. The molecule has 0 aliphatic heterocycles. The highest BCUT2D eigenvalue weighted by Crippen LogP contribution is 2.53. The third-order valence-electron chi connectivity index (χ3n) is 10.9. The predicted octanol–water partition coefficient (Wildman–Crippen LogP) is 14.3. The highest BCUT2D eigenvalue weighted by atomic mass is 16.4. The van der Waals surface area contributed by atoms with Crippen molar-refractivity contribution in [1.29, 1.82) is 0 Å². The van der Waals surface area contributed by atoms with Crippen molar-refractivity contribution >= 4 is 49.4 Å². The fraction of sp³-hybridized carbons (Fsp3) is 0. The van der Waals surface area contributed by atoms with Gasteiger partial charge in [0, 0.05) is 38.5 Å². The normalized spacial score (nSPS) is 11.7. The number of aromatic nitrogens is 1.